The van der Waals surface area contributed by atoms with Gasteiger partial charge in [-0.05, 0) is 49.4 Å². The fourth-order valence-corrected chi connectivity index (χ4v) is 13.2. The number of phosphoric acid groups is 2. The summed E-state index contributed by atoms with van der Waals surface area (Å²) in [6.45, 7) is 14.2. The summed E-state index contributed by atoms with van der Waals surface area (Å²) in [7, 11) is -9.92. The molecule has 0 aromatic heterocycles. The van der Waals surface area contributed by atoms with E-state index in [1.807, 2.05) is 0 Å². The van der Waals surface area contributed by atoms with E-state index in [4.69, 9.17) is 37.0 Å². The summed E-state index contributed by atoms with van der Waals surface area (Å²) in [5.74, 6) is 0.994. The molecular formula is C77H150O17P2. The van der Waals surface area contributed by atoms with Gasteiger partial charge in [-0.1, -0.05) is 338 Å². The second kappa shape index (κ2) is 66.3. The van der Waals surface area contributed by atoms with Crippen molar-refractivity contribution < 1.29 is 80.2 Å². The predicted octanol–water partition coefficient (Wildman–Crippen LogP) is 22.4. The third kappa shape index (κ3) is 67.9. The van der Waals surface area contributed by atoms with Gasteiger partial charge in [-0.25, -0.2) is 9.13 Å². The first-order valence-electron chi connectivity index (χ1n) is 39.8. The van der Waals surface area contributed by atoms with E-state index in [0.29, 0.717) is 25.7 Å². The topological polar surface area (TPSA) is 237 Å². The SMILES string of the molecule is CCC(C)CCCCCCCCCCCCC(=O)OC[C@H](COP(=O)(O)OCC(O)COP(=O)(O)OC[C@@H](COC(=O)CCCCCCCCCCC(C)C)OC(=O)CCCCCCCCCCC(C)CC)OC(=O)CCCCCCCCCCCCCCCCCCC(C)C. The van der Waals surface area contributed by atoms with E-state index in [1.165, 1.54) is 193 Å². The van der Waals surface area contributed by atoms with Crippen LogP contribution in [0.5, 0.6) is 0 Å². The van der Waals surface area contributed by atoms with E-state index >= 15 is 0 Å². The van der Waals surface area contributed by atoms with Gasteiger partial charge in [0.25, 0.3) is 0 Å². The number of unbranched alkanes of at least 4 members (excludes halogenated alkanes) is 38. The molecule has 0 saturated carbocycles. The molecule has 3 N–H and O–H groups in total. The maximum absolute atomic E-state index is 13.1. The Bertz CT molecular complexity index is 1890. The highest BCUT2D eigenvalue weighted by Crippen LogP contribution is 2.45. The van der Waals surface area contributed by atoms with E-state index in [2.05, 4.69) is 55.4 Å². The molecule has 0 aliphatic rings. The van der Waals surface area contributed by atoms with Crippen molar-refractivity contribution in [3.05, 3.63) is 0 Å². The first-order valence-corrected chi connectivity index (χ1v) is 42.8. The molecule has 0 rings (SSSR count). The van der Waals surface area contributed by atoms with Crippen LogP contribution >= 0.6 is 15.6 Å². The van der Waals surface area contributed by atoms with Gasteiger partial charge < -0.3 is 33.8 Å². The molecule has 0 saturated heterocycles. The Hall–Kier alpha value is -1.94. The summed E-state index contributed by atoms with van der Waals surface area (Å²) < 4.78 is 68.6. The van der Waals surface area contributed by atoms with Gasteiger partial charge in [0, 0.05) is 25.7 Å². The van der Waals surface area contributed by atoms with Crippen molar-refractivity contribution >= 4 is 39.5 Å². The van der Waals surface area contributed by atoms with Crippen molar-refractivity contribution in [2.45, 2.75) is 408 Å². The molecule has 0 aliphatic heterocycles. The van der Waals surface area contributed by atoms with Gasteiger partial charge in [-0.3, -0.25) is 37.3 Å². The average molecular weight is 1410 g/mol. The lowest BCUT2D eigenvalue weighted by atomic mass is 9.99. The first kappa shape index (κ1) is 94.1. The lowest BCUT2D eigenvalue weighted by molar-refractivity contribution is -0.161. The van der Waals surface area contributed by atoms with E-state index in [-0.39, 0.29) is 25.7 Å². The number of hydrogen-bond acceptors (Lipinski definition) is 15. The van der Waals surface area contributed by atoms with Crippen molar-refractivity contribution in [1.29, 1.82) is 0 Å². The molecule has 0 aromatic rings. The number of rotatable bonds is 74. The Morgan fingerprint density at radius 3 is 0.740 bits per heavy atom. The zero-order chi connectivity index (χ0) is 71.0. The molecule has 0 heterocycles. The van der Waals surface area contributed by atoms with E-state index in [1.54, 1.807) is 0 Å². The highest BCUT2D eigenvalue weighted by atomic mass is 31.2. The summed E-state index contributed by atoms with van der Waals surface area (Å²) in [5, 5.41) is 10.6. The van der Waals surface area contributed by atoms with Gasteiger partial charge >= 0.3 is 39.5 Å². The summed E-state index contributed by atoms with van der Waals surface area (Å²) in [6, 6.07) is 0. The maximum Gasteiger partial charge on any atom is 0.472 e. The number of ether oxygens (including phenoxy) is 4. The molecule has 0 bridgehead atoms. The summed E-state index contributed by atoms with van der Waals surface area (Å²) >= 11 is 0. The Morgan fingerprint density at radius 2 is 0.500 bits per heavy atom. The molecule has 0 aromatic carbocycles. The van der Waals surface area contributed by atoms with Crippen LogP contribution in [-0.4, -0.2) is 96.7 Å². The van der Waals surface area contributed by atoms with Crippen molar-refractivity contribution in [2.75, 3.05) is 39.6 Å². The van der Waals surface area contributed by atoms with Gasteiger partial charge in [0.2, 0.25) is 0 Å². The molecule has 5 unspecified atom stereocenters. The Morgan fingerprint density at radius 1 is 0.292 bits per heavy atom. The molecule has 17 nitrogen and oxygen atoms in total. The maximum atomic E-state index is 13.1. The molecule has 0 spiro atoms. The standard InChI is InChI=1S/C77H150O17P2/c1-9-69(7)55-47-39-31-22-19-20-23-33-41-49-57-74(79)87-63-72(93-76(81)59-51-43-35-24-18-16-14-12-11-13-15-17-21-29-37-45-53-67(3)4)65-91-95(83,84)89-61-71(78)62-90-96(85,86)92-66-73(64-88-75(80)58-50-42-34-27-25-30-38-46-54-68(5)6)94-77(82)60-52-44-36-28-26-32-40-48-56-70(8)10-2/h67-73,78H,9-66H2,1-8H3,(H,83,84)(H,85,86)/t69?,70?,71?,72-,73-/m1/s1. The second-order valence-electron chi connectivity index (χ2n) is 29.2. The van der Waals surface area contributed by atoms with Crippen LogP contribution in [0, 0.1) is 23.7 Å². The van der Waals surface area contributed by atoms with Crippen LogP contribution in [0.1, 0.15) is 389 Å². The molecular weight excluding hydrogens is 1260 g/mol. The molecule has 19 heteroatoms. The van der Waals surface area contributed by atoms with Gasteiger partial charge in [0.05, 0.1) is 26.4 Å². The number of aliphatic hydroxyl groups is 1. The van der Waals surface area contributed by atoms with Crippen LogP contribution in [0.4, 0.5) is 0 Å². The first-order chi connectivity index (χ1) is 46.2. The fourth-order valence-electron chi connectivity index (χ4n) is 11.7. The highest BCUT2D eigenvalue weighted by molar-refractivity contribution is 7.47. The summed E-state index contributed by atoms with van der Waals surface area (Å²) in [4.78, 5) is 72.9. The smallest absolute Gasteiger partial charge is 0.462 e. The number of aliphatic hydroxyl groups excluding tert-OH is 1. The fraction of sp³-hybridized carbons (Fsp3) is 0.948. The van der Waals surface area contributed by atoms with E-state index in [9.17, 15) is 43.2 Å². The Balaban J connectivity index is 5.25. The molecule has 570 valence electrons. The number of carbonyl (C=O) groups excluding carboxylic acids is 4. The van der Waals surface area contributed by atoms with Gasteiger partial charge in [-0.2, -0.15) is 0 Å². The molecule has 0 fully saturated rings. The van der Waals surface area contributed by atoms with Gasteiger partial charge in [-0.15, -0.1) is 0 Å². The molecule has 96 heavy (non-hydrogen) atoms. The average Bonchev–Trinajstić information content (AvgIpc) is 3.21. The molecule has 7 atom stereocenters. The molecule has 0 amide bonds. The number of hydrogen-bond donors (Lipinski definition) is 3. The van der Waals surface area contributed by atoms with Crippen LogP contribution in [-0.2, 0) is 65.4 Å². The minimum atomic E-state index is -4.96. The van der Waals surface area contributed by atoms with Crippen LogP contribution in [0.2, 0.25) is 0 Å². The second-order valence-corrected chi connectivity index (χ2v) is 32.1. The van der Waals surface area contributed by atoms with Gasteiger partial charge in [0.1, 0.15) is 19.3 Å². The molecule has 0 aliphatic carbocycles. The van der Waals surface area contributed by atoms with Crippen molar-refractivity contribution in [3.8, 4) is 0 Å². The zero-order valence-corrected chi connectivity index (χ0v) is 64.8. The largest absolute Gasteiger partial charge is 0.472 e. The lowest BCUT2D eigenvalue weighted by Gasteiger charge is -2.21. The molecule has 0 radical (unpaired) electrons. The van der Waals surface area contributed by atoms with Crippen LogP contribution in [0.3, 0.4) is 0 Å². The highest BCUT2D eigenvalue weighted by Gasteiger charge is 2.30. The quantitative estimate of drug-likeness (QED) is 0.0222. The Kier molecular flexibility index (Phi) is 65.0. The lowest BCUT2D eigenvalue weighted by Crippen LogP contribution is -2.30. The Labute approximate surface area is 588 Å². The normalized spacial score (nSPS) is 14.7. The van der Waals surface area contributed by atoms with Crippen LogP contribution in [0.25, 0.3) is 0 Å². The number of carbonyl (C=O) groups is 4. The van der Waals surface area contributed by atoms with E-state index < -0.39 is 97.5 Å². The zero-order valence-electron chi connectivity index (χ0n) is 63.0. The van der Waals surface area contributed by atoms with Crippen molar-refractivity contribution in [1.82, 2.24) is 0 Å². The third-order valence-corrected chi connectivity index (χ3v) is 20.4. The van der Waals surface area contributed by atoms with Crippen molar-refractivity contribution in [2.24, 2.45) is 23.7 Å². The summed E-state index contributed by atoms with van der Waals surface area (Å²) in [6.07, 6.45) is 51.3. The number of phosphoric ester groups is 2. The van der Waals surface area contributed by atoms with Gasteiger partial charge in [0.15, 0.2) is 12.2 Å². The van der Waals surface area contributed by atoms with Crippen LogP contribution < -0.4 is 0 Å². The third-order valence-electron chi connectivity index (χ3n) is 18.5. The van der Waals surface area contributed by atoms with Crippen LogP contribution in [0.15, 0.2) is 0 Å². The summed E-state index contributed by atoms with van der Waals surface area (Å²) in [5.41, 5.74) is 0. The number of esters is 4. The predicted molar refractivity (Wildman–Crippen MR) is 391 cm³/mol. The van der Waals surface area contributed by atoms with E-state index in [0.717, 1.165) is 114 Å². The minimum Gasteiger partial charge on any atom is -0.462 e. The van der Waals surface area contributed by atoms with Crippen molar-refractivity contribution in [3.63, 3.8) is 0 Å². The monoisotopic (exact) mass is 1410 g/mol. The minimum absolute atomic E-state index is 0.104.